The summed E-state index contributed by atoms with van der Waals surface area (Å²) >= 11 is 0. The average molecular weight is 488 g/mol. The molecule has 0 amide bonds. The molecule has 0 atom stereocenters. The van der Waals surface area contributed by atoms with Gasteiger partial charge in [-0.2, -0.15) is 9.78 Å². The standard InChI is InChI=1S/C25H21N5O4S/c1-33-17-10-12-19(13-11-17)35(31,32)23-22-25(29-21-9-4-3-8-20(21)28-22)30(24(23)26)27-15-16-6-5-7-18(14-16)34-2/h3-15H,26H2,1-2H3/b27-15-. The third kappa shape index (κ3) is 3.93. The number of hydrogen-bond acceptors (Lipinski definition) is 8. The summed E-state index contributed by atoms with van der Waals surface area (Å²) in [5.74, 6) is 1.10. The van der Waals surface area contributed by atoms with Gasteiger partial charge in [-0.3, -0.25) is 0 Å². The van der Waals surface area contributed by atoms with Crippen molar-refractivity contribution < 1.29 is 17.9 Å². The first-order valence-electron chi connectivity index (χ1n) is 10.6. The minimum absolute atomic E-state index is 0.0517. The Morgan fingerprint density at radius 3 is 2.26 bits per heavy atom. The maximum absolute atomic E-state index is 13.7. The molecule has 5 rings (SSSR count). The molecular formula is C25H21N5O4S. The largest absolute Gasteiger partial charge is 0.497 e. The summed E-state index contributed by atoms with van der Waals surface area (Å²) in [6.45, 7) is 0. The fourth-order valence-corrected chi connectivity index (χ4v) is 5.21. The molecule has 9 nitrogen and oxygen atoms in total. The Bertz CT molecular complexity index is 1690. The lowest BCUT2D eigenvalue weighted by Gasteiger charge is -2.06. The second kappa shape index (κ2) is 8.73. The van der Waals surface area contributed by atoms with Gasteiger partial charge in [0.2, 0.25) is 9.84 Å². The van der Waals surface area contributed by atoms with Crippen LogP contribution in [0.1, 0.15) is 5.56 Å². The minimum atomic E-state index is -4.06. The molecule has 0 saturated carbocycles. The van der Waals surface area contributed by atoms with Crippen LogP contribution in [0.3, 0.4) is 0 Å². The molecule has 5 aromatic rings. The number of aromatic nitrogens is 3. The van der Waals surface area contributed by atoms with E-state index in [0.717, 1.165) is 5.56 Å². The van der Waals surface area contributed by atoms with Crippen molar-refractivity contribution in [1.82, 2.24) is 14.6 Å². The molecule has 10 heteroatoms. The molecule has 2 aromatic heterocycles. The number of anilines is 1. The summed E-state index contributed by atoms with van der Waals surface area (Å²) in [4.78, 5) is 9.14. The number of hydrogen-bond donors (Lipinski definition) is 1. The summed E-state index contributed by atoms with van der Waals surface area (Å²) in [5, 5.41) is 4.47. The van der Waals surface area contributed by atoms with Gasteiger partial charge in [0.25, 0.3) is 0 Å². The van der Waals surface area contributed by atoms with Crippen LogP contribution in [0.15, 0.2) is 87.7 Å². The van der Waals surface area contributed by atoms with Gasteiger partial charge in [-0.1, -0.05) is 24.3 Å². The van der Waals surface area contributed by atoms with Crippen molar-refractivity contribution in [2.45, 2.75) is 9.79 Å². The van der Waals surface area contributed by atoms with Gasteiger partial charge in [0.1, 0.15) is 27.7 Å². The van der Waals surface area contributed by atoms with Crippen molar-refractivity contribution in [3.05, 3.63) is 78.4 Å². The second-order valence-electron chi connectivity index (χ2n) is 7.61. The first-order valence-corrected chi connectivity index (χ1v) is 12.0. The topological polar surface area (TPSA) is 122 Å². The number of methoxy groups -OCH3 is 2. The summed E-state index contributed by atoms with van der Waals surface area (Å²) in [5.41, 5.74) is 8.65. The van der Waals surface area contributed by atoms with Crippen molar-refractivity contribution in [2.75, 3.05) is 20.0 Å². The highest BCUT2D eigenvalue weighted by Crippen LogP contribution is 2.35. The maximum Gasteiger partial charge on any atom is 0.212 e. The molecule has 0 saturated heterocycles. The smallest absolute Gasteiger partial charge is 0.212 e. The summed E-state index contributed by atoms with van der Waals surface area (Å²) in [6, 6.07) is 20.5. The van der Waals surface area contributed by atoms with E-state index < -0.39 is 9.84 Å². The van der Waals surface area contributed by atoms with Gasteiger partial charge in [0.15, 0.2) is 5.65 Å². The molecule has 176 valence electrons. The van der Waals surface area contributed by atoms with Crippen LogP contribution >= 0.6 is 0 Å². The van der Waals surface area contributed by atoms with E-state index >= 15 is 0 Å². The minimum Gasteiger partial charge on any atom is -0.497 e. The zero-order valence-corrected chi connectivity index (χ0v) is 19.7. The Balaban J connectivity index is 1.75. The predicted octanol–water partition coefficient (Wildman–Crippen LogP) is 3.90. The number of nitrogen functional groups attached to an aromatic ring is 1. The molecule has 0 fully saturated rings. The third-order valence-electron chi connectivity index (χ3n) is 5.48. The van der Waals surface area contributed by atoms with Gasteiger partial charge in [0.05, 0.1) is 36.4 Å². The lowest BCUT2D eigenvalue weighted by molar-refractivity contribution is 0.414. The fraction of sp³-hybridized carbons (Fsp3) is 0.0800. The highest BCUT2D eigenvalue weighted by molar-refractivity contribution is 7.92. The first kappa shape index (κ1) is 22.4. The van der Waals surface area contributed by atoms with Crippen LogP contribution in [0.4, 0.5) is 5.82 Å². The van der Waals surface area contributed by atoms with E-state index in [9.17, 15) is 8.42 Å². The summed E-state index contributed by atoms with van der Waals surface area (Å²) < 4.78 is 39.1. The Kier molecular flexibility index (Phi) is 5.58. The van der Waals surface area contributed by atoms with E-state index in [-0.39, 0.29) is 26.8 Å². The summed E-state index contributed by atoms with van der Waals surface area (Å²) in [6.07, 6.45) is 1.55. The number of benzene rings is 3. The van der Waals surface area contributed by atoms with Crippen LogP contribution in [-0.4, -0.2) is 43.5 Å². The van der Waals surface area contributed by atoms with Crippen LogP contribution in [0.5, 0.6) is 11.5 Å². The number of rotatable bonds is 6. The van der Waals surface area contributed by atoms with E-state index in [2.05, 4.69) is 15.1 Å². The number of sulfone groups is 1. The summed E-state index contributed by atoms with van der Waals surface area (Å²) in [7, 11) is -0.976. The van der Waals surface area contributed by atoms with Crippen LogP contribution in [0.2, 0.25) is 0 Å². The van der Waals surface area contributed by atoms with E-state index in [4.69, 9.17) is 15.2 Å². The number of nitrogens with zero attached hydrogens (tertiary/aromatic N) is 4. The Morgan fingerprint density at radius 1 is 0.886 bits per heavy atom. The molecule has 0 aliphatic rings. The van der Waals surface area contributed by atoms with Gasteiger partial charge < -0.3 is 15.2 Å². The quantitative estimate of drug-likeness (QED) is 0.361. The Morgan fingerprint density at radius 2 is 1.57 bits per heavy atom. The van der Waals surface area contributed by atoms with Crippen LogP contribution < -0.4 is 15.2 Å². The van der Waals surface area contributed by atoms with Crippen molar-refractivity contribution in [3.8, 4) is 11.5 Å². The van der Waals surface area contributed by atoms with Gasteiger partial charge in [-0.15, -0.1) is 0 Å². The van der Waals surface area contributed by atoms with Crippen molar-refractivity contribution >= 4 is 44.1 Å². The molecule has 0 bridgehead atoms. The maximum atomic E-state index is 13.7. The SMILES string of the molecule is COc1ccc(S(=O)(=O)c2c(N)n(/N=C\c3cccc(OC)c3)c3nc4ccccc4nc23)cc1. The van der Waals surface area contributed by atoms with Gasteiger partial charge in [-0.25, -0.2) is 18.4 Å². The highest BCUT2D eigenvalue weighted by Gasteiger charge is 2.30. The molecule has 0 spiro atoms. The fourth-order valence-electron chi connectivity index (χ4n) is 3.72. The number of fused-ring (bicyclic) bond motifs is 2. The number of nitrogens with two attached hydrogens (primary N) is 1. The molecule has 0 radical (unpaired) electrons. The Hall–Kier alpha value is -4.44. The second-order valence-corrected chi connectivity index (χ2v) is 9.50. The van der Waals surface area contributed by atoms with Crippen LogP contribution in [0, 0.1) is 0 Å². The van der Waals surface area contributed by atoms with E-state index in [1.54, 1.807) is 43.7 Å². The Labute approximate surface area is 201 Å². The molecule has 0 aliphatic carbocycles. The van der Waals surface area contributed by atoms with Crippen LogP contribution in [0.25, 0.3) is 22.2 Å². The molecule has 2 heterocycles. The lowest BCUT2D eigenvalue weighted by atomic mass is 10.2. The normalized spacial score (nSPS) is 11.9. The molecule has 35 heavy (non-hydrogen) atoms. The van der Waals surface area contributed by atoms with E-state index in [1.807, 2.05) is 30.3 Å². The van der Waals surface area contributed by atoms with Gasteiger partial charge in [-0.05, 0) is 54.1 Å². The van der Waals surface area contributed by atoms with Crippen molar-refractivity contribution in [2.24, 2.45) is 5.10 Å². The van der Waals surface area contributed by atoms with Gasteiger partial charge in [0, 0.05) is 0 Å². The highest BCUT2D eigenvalue weighted by atomic mass is 32.2. The zero-order valence-electron chi connectivity index (χ0n) is 18.9. The number of para-hydroxylation sites is 2. The van der Waals surface area contributed by atoms with Crippen LogP contribution in [-0.2, 0) is 9.84 Å². The monoisotopic (exact) mass is 487 g/mol. The number of ether oxygens (including phenoxy) is 2. The zero-order chi connectivity index (χ0) is 24.6. The van der Waals surface area contributed by atoms with E-state index in [0.29, 0.717) is 22.5 Å². The van der Waals surface area contributed by atoms with Crippen molar-refractivity contribution in [3.63, 3.8) is 0 Å². The molecular weight excluding hydrogens is 466 g/mol. The van der Waals surface area contributed by atoms with Crippen molar-refractivity contribution in [1.29, 1.82) is 0 Å². The molecule has 2 N–H and O–H groups in total. The average Bonchev–Trinajstić information content (AvgIpc) is 3.16. The van der Waals surface area contributed by atoms with Gasteiger partial charge >= 0.3 is 0 Å². The third-order valence-corrected chi connectivity index (χ3v) is 7.32. The predicted molar refractivity (Wildman–Crippen MR) is 134 cm³/mol. The first-order chi connectivity index (χ1) is 16.9. The molecule has 0 aliphatic heterocycles. The molecule has 3 aromatic carbocycles. The van der Waals surface area contributed by atoms with E-state index in [1.165, 1.54) is 23.9 Å². The lowest BCUT2D eigenvalue weighted by Crippen LogP contribution is -2.06. The molecule has 0 unspecified atom stereocenters.